The number of rotatable bonds is 4. The van der Waals surface area contributed by atoms with Crippen LogP contribution in [0.25, 0.3) is 5.69 Å². The van der Waals surface area contributed by atoms with Gasteiger partial charge in [0.1, 0.15) is 12.4 Å². The van der Waals surface area contributed by atoms with E-state index in [1.807, 2.05) is 17.7 Å². The van der Waals surface area contributed by atoms with Crippen LogP contribution in [0.4, 0.5) is 0 Å². The Morgan fingerprint density at radius 3 is 2.75 bits per heavy atom. The van der Waals surface area contributed by atoms with Crippen molar-refractivity contribution >= 4 is 23.6 Å². The van der Waals surface area contributed by atoms with E-state index in [4.69, 9.17) is 0 Å². The Labute approximate surface area is 205 Å². The van der Waals surface area contributed by atoms with Crippen LogP contribution in [0.5, 0.6) is 0 Å². The van der Waals surface area contributed by atoms with Crippen LogP contribution in [-0.2, 0) is 23.2 Å². The molecule has 3 aliphatic rings. The molecule has 2 saturated heterocycles. The molecule has 3 aliphatic heterocycles. The zero-order valence-electron chi connectivity index (χ0n) is 19.5. The van der Waals surface area contributed by atoms with Crippen molar-refractivity contribution in [3.8, 4) is 5.69 Å². The Bertz CT molecular complexity index is 1410. The van der Waals surface area contributed by atoms with Crippen LogP contribution in [0.2, 0.25) is 0 Å². The Morgan fingerprint density at radius 2 is 1.97 bits per heavy atom. The van der Waals surface area contributed by atoms with Gasteiger partial charge in [0.05, 0.1) is 17.9 Å². The number of aryl methyl sites for hydroxylation is 1. The molecule has 0 aliphatic carbocycles. The first-order valence-electron chi connectivity index (χ1n) is 11.8. The van der Waals surface area contributed by atoms with Gasteiger partial charge in [-0.25, -0.2) is 4.68 Å². The highest BCUT2D eigenvalue weighted by Gasteiger charge is 2.39. The van der Waals surface area contributed by atoms with Crippen molar-refractivity contribution in [2.45, 2.75) is 44.3 Å². The van der Waals surface area contributed by atoms with E-state index >= 15 is 0 Å². The van der Waals surface area contributed by atoms with Crippen LogP contribution in [-0.4, -0.2) is 75.8 Å². The Morgan fingerprint density at radius 1 is 1.11 bits per heavy atom. The SMILES string of the molecule is Cn1cnnc1[C@@H]1CCCN1C(=O)c1cn(-c2ccc3c(c2)C(=O)N(C2CCC(=O)NC2=O)C3)nn1. The molecule has 1 unspecified atom stereocenters. The Kier molecular flexibility index (Phi) is 5.12. The van der Waals surface area contributed by atoms with E-state index in [1.165, 1.54) is 9.58 Å². The summed E-state index contributed by atoms with van der Waals surface area (Å²) in [4.78, 5) is 53.3. The third-order valence-electron chi connectivity index (χ3n) is 7.05. The number of fused-ring (bicyclic) bond motifs is 1. The fourth-order valence-electron chi connectivity index (χ4n) is 5.19. The van der Waals surface area contributed by atoms with Crippen molar-refractivity contribution in [1.82, 2.24) is 44.9 Å². The van der Waals surface area contributed by atoms with E-state index in [9.17, 15) is 19.2 Å². The maximum atomic E-state index is 13.2. The van der Waals surface area contributed by atoms with E-state index in [-0.39, 0.29) is 35.9 Å². The van der Waals surface area contributed by atoms with Crippen molar-refractivity contribution in [3.05, 3.63) is 53.4 Å². The summed E-state index contributed by atoms with van der Waals surface area (Å²) in [6, 6.07) is 4.43. The summed E-state index contributed by atoms with van der Waals surface area (Å²) in [5, 5.41) is 18.6. The molecule has 36 heavy (non-hydrogen) atoms. The minimum Gasteiger partial charge on any atom is -0.327 e. The van der Waals surface area contributed by atoms with Gasteiger partial charge in [0.25, 0.3) is 11.8 Å². The first-order valence-corrected chi connectivity index (χ1v) is 11.8. The standard InChI is InChI=1S/C23H23N9O4/c1-29-12-24-27-20(29)17-3-2-8-30(17)23(36)16-11-32(28-26-16)14-5-4-13-10-31(22(35)15(13)9-14)18-6-7-19(33)25-21(18)34/h4-5,9,11-12,17-18H,2-3,6-8,10H2,1H3,(H,25,33,34)/t17-,18?/m0/s1. The number of benzene rings is 1. The number of amides is 4. The number of nitrogens with zero attached hydrogens (tertiary/aromatic N) is 8. The maximum absolute atomic E-state index is 13.2. The third-order valence-corrected chi connectivity index (χ3v) is 7.05. The predicted molar refractivity (Wildman–Crippen MR) is 121 cm³/mol. The van der Waals surface area contributed by atoms with Crippen LogP contribution in [0.15, 0.2) is 30.7 Å². The number of aromatic nitrogens is 6. The predicted octanol–water partition coefficient (Wildman–Crippen LogP) is 0.134. The molecule has 13 heteroatoms. The van der Waals surface area contributed by atoms with Crippen molar-refractivity contribution in [3.63, 3.8) is 0 Å². The molecular formula is C23H23N9O4. The zero-order chi connectivity index (χ0) is 25.0. The monoisotopic (exact) mass is 489 g/mol. The molecule has 13 nitrogen and oxygen atoms in total. The minimum atomic E-state index is -0.677. The Balaban J connectivity index is 1.22. The topological polar surface area (TPSA) is 148 Å². The van der Waals surface area contributed by atoms with Gasteiger partial charge in [-0.15, -0.1) is 15.3 Å². The molecular weight excluding hydrogens is 466 g/mol. The minimum absolute atomic E-state index is 0.175. The van der Waals surface area contributed by atoms with Crippen LogP contribution in [0, 0.1) is 0 Å². The molecule has 0 radical (unpaired) electrons. The second-order valence-electron chi connectivity index (χ2n) is 9.25. The highest BCUT2D eigenvalue weighted by molar-refractivity contribution is 6.05. The average Bonchev–Trinajstić information content (AvgIpc) is 3.66. The van der Waals surface area contributed by atoms with E-state index in [0.717, 1.165) is 24.2 Å². The number of likely N-dealkylation sites (tertiary alicyclic amines) is 1. The molecule has 6 rings (SSSR count). The first-order chi connectivity index (χ1) is 17.4. The second kappa shape index (κ2) is 8.36. The van der Waals surface area contributed by atoms with Gasteiger partial charge in [-0.2, -0.15) is 0 Å². The summed E-state index contributed by atoms with van der Waals surface area (Å²) < 4.78 is 3.27. The lowest BCUT2D eigenvalue weighted by atomic mass is 10.0. The van der Waals surface area contributed by atoms with Crippen molar-refractivity contribution in [2.24, 2.45) is 7.05 Å². The third kappa shape index (κ3) is 3.54. The van der Waals surface area contributed by atoms with Gasteiger partial charge in [0.15, 0.2) is 11.5 Å². The molecule has 184 valence electrons. The van der Waals surface area contributed by atoms with Crippen molar-refractivity contribution in [2.75, 3.05) is 6.54 Å². The average molecular weight is 489 g/mol. The molecule has 0 spiro atoms. The molecule has 4 amide bonds. The number of piperidine rings is 1. The van der Waals surface area contributed by atoms with Gasteiger partial charge in [0, 0.05) is 32.1 Å². The van der Waals surface area contributed by atoms with Crippen LogP contribution in [0.3, 0.4) is 0 Å². The maximum Gasteiger partial charge on any atom is 0.276 e. The van der Waals surface area contributed by atoms with E-state index in [1.54, 1.807) is 29.6 Å². The number of hydrogen-bond donors (Lipinski definition) is 1. The molecule has 3 aromatic rings. The van der Waals surface area contributed by atoms with Gasteiger partial charge in [0.2, 0.25) is 11.8 Å². The number of imide groups is 1. The van der Waals surface area contributed by atoms with E-state index < -0.39 is 11.9 Å². The summed E-state index contributed by atoms with van der Waals surface area (Å²) >= 11 is 0. The fourth-order valence-corrected chi connectivity index (χ4v) is 5.19. The molecule has 5 heterocycles. The second-order valence-corrected chi connectivity index (χ2v) is 9.25. The number of carbonyl (C=O) groups is 4. The summed E-state index contributed by atoms with van der Waals surface area (Å²) in [7, 11) is 1.85. The van der Waals surface area contributed by atoms with Crippen molar-refractivity contribution in [1.29, 1.82) is 0 Å². The Hall–Kier alpha value is -4.42. The molecule has 2 fully saturated rings. The lowest BCUT2D eigenvalue weighted by molar-refractivity contribution is -0.136. The number of nitrogens with one attached hydrogen (secondary N) is 1. The molecule has 1 aromatic carbocycles. The number of hydrogen-bond acceptors (Lipinski definition) is 8. The van der Waals surface area contributed by atoms with Crippen LogP contribution < -0.4 is 5.32 Å². The zero-order valence-corrected chi connectivity index (χ0v) is 19.5. The van der Waals surface area contributed by atoms with E-state index in [0.29, 0.717) is 30.8 Å². The lowest BCUT2D eigenvalue weighted by Crippen LogP contribution is -2.52. The highest BCUT2D eigenvalue weighted by atomic mass is 16.2. The molecule has 2 atom stereocenters. The highest BCUT2D eigenvalue weighted by Crippen LogP contribution is 2.32. The molecule has 0 bridgehead atoms. The summed E-state index contributed by atoms with van der Waals surface area (Å²) in [5.41, 5.74) is 2.02. The van der Waals surface area contributed by atoms with Gasteiger partial charge in [-0.1, -0.05) is 11.3 Å². The molecule has 2 aromatic heterocycles. The van der Waals surface area contributed by atoms with Gasteiger partial charge < -0.3 is 14.4 Å². The van der Waals surface area contributed by atoms with E-state index in [2.05, 4.69) is 25.8 Å². The van der Waals surface area contributed by atoms with Gasteiger partial charge in [-0.3, -0.25) is 24.5 Å². The first kappa shape index (κ1) is 22.1. The fraction of sp³-hybridized carbons (Fsp3) is 0.391. The normalized spacial score (nSPS) is 21.8. The van der Waals surface area contributed by atoms with Crippen LogP contribution >= 0.6 is 0 Å². The molecule has 0 saturated carbocycles. The van der Waals surface area contributed by atoms with Crippen LogP contribution in [0.1, 0.15) is 64.0 Å². The summed E-state index contributed by atoms with van der Waals surface area (Å²) in [6.45, 7) is 0.882. The lowest BCUT2D eigenvalue weighted by Gasteiger charge is -2.29. The summed E-state index contributed by atoms with van der Waals surface area (Å²) in [5.74, 6) is -0.565. The molecule has 1 N–H and O–H groups in total. The number of carbonyl (C=O) groups excluding carboxylic acids is 4. The van der Waals surface area contributed by atoms with Crippen molar-refractivity contribution < 1.29 is 19.2 Å². The summed E-state index contributed by atoms with van der Waals surface area (Å²) in [6.07, 6.45) is 5.32. The largest absolute Gasteiger partial charge is 0.327 e. The smallest absolute Gasteiger partial charge is 0.276 e. The quantitative estimate of drug-likeness (QED) is 0.509. The van der Waals surface area contributed by atoms with Gasteiger partial charge in [-0.05, 0) is 37.0 Å². The van der Waals surface area contributed by atoms with Gasteiger partial charge >= 0.3 is 0 Å².